The SMILES string of the molecule is C[C@@H]1CN([C@H](C)CO)C(=O)c2cc(NS(=O)(=O)c3ccc(Cl)cc3)ccc2O[C@@H]1CN(C)S(=O)(=O)c1cn(C)cn1. The van der Waals surface area contributed by atoms with E-state index in [2.05, 4.69) is 9.71 Å². The first-order valence-electron chi connectivity index (χ1n) is 12.7. The Morgan fingerprint density at radius 1 is 1.20 bits per heavy atom. The number of nitrogens with zero attached hydrogens (tertiary/aromatic N) is 4. The summed E-state index contributed by atoms with van der Waals surface area (Å²) in [5, 5.41) is 10.2. The molecule has 2 N–H and O–H groups in total. The van der Waals surface area contributed by atoms with Gasteiger partial charge in [0.15, 0.2) is 5.03 Å². The summed E-state index contributed by atoms with van der Waals surface area (Å²) in [6.07, 6.45) is 2.10. The Balaban J connectivity index is 1.68. The number of amides is 1. The van der Waals surface area contributed by atoms with Crippen molar-refractivity contribution in [3.63, 3.8) is 0 Å². The maximum Gasteiger partial charge on any atom is 0.261 e. The molecule has 2 heterocycles. The summed E-state index contributed by atoms with van der Waals surface area (Å²) in [5.41, 5.74) is 0.181. The van der Waals surface area contributed by atoms with Crippen LogP contribution in [0.5, 0.6) is 5.75 Å². The first kappa shape index (κ1) is 30.8. The first-order valence-corrected chi connectivity index (χ1v) is 16.0. The molecule has 0 radical (unpaired) electrons. The van der Waals surface area contributed by atoms with E-state index < -0.39 is 38.1 Å². The minimum absolute atomic E-state index is 0.0159. The number of carbonyl (C=O) groups is 1. The highest BCUT2D eigenvalue weighted by molar-refractivity contribution is 7.92. The number of likely N-dealkylation sites (N-methyl/N-ethyl adjacent to an activating group) is 1. The summed E-state index contributed by atoms with van der Waals surface area (Å²) in [7, 11) is -4.83. The molecule has 0 fully saturated rings. The maximum atomic E-state index is 13.7. The zero-order chi connectivity index (χ0) is 30.1. The number of halogens is 1. The molecule has 41 heavy (non-hydrogen) atoms. The van der Waals surface area contributed by atoms with Crippen molar-refractivity contribution in [3.8, 4) is 5.75 Å². The number of carbonyl (C=O) groups excluding carboxylic acids is 1. The van der Waals surface area contributed by atoms with Crippen LogP contribution in [0, 0.1) is 5.92 Å². The molecule has 2 aromatic carbocycles. The van der Waals surface area contributed by atoms with Crippen molar-refractivity contribution in [1.29, 1.82) is 0 Å². The molecule has 0 unspecified atom stereocenters. The van der Waals surface area contributed by atoms with Gasteiger partial charge in [0.25, 0.3) is 26.0 Å². The van der Waals surface area contributed by atoms with Crippen LogP contribution in [0.2, 0.25) is 5.02 Å². The van der Waals surface area contributed by atoms with Crippen LogP contribution >= 0.6 is 11.6 Å². The first-order chi connectivity index (χ1) is 19.2. The number of aryl methyl sites for hydroxylation is 1. The van der Waals surface area contributed by atoms with E-state index in [0.29, 0.717) is 5.02 Å². The second kappa shape index (κ2) is 12.0. The summed E-state index contributed by atoms with van der Waals surface area (Å²) in [6, 6.07) is 9.34. The number of benzene rings is 2. The third-order valence-electron chi connectivity index (χ3n) is 6.83. The molecule has 1 aliphatic heterocycles. The summed E-state index contributed by atoms with van der Waals surface area (Å²) in [6.45, 7) is 3.31. The van der Waals surface area contributed by atoms with Crippen LogP contribution in [0.4, 0.5) is 5.69 Å². The average molecular weight is 626 g/mol. The van der Waals surface area contributed by atoms with Crippen molar-refractivity contribution in [1.82, 2.24) is 18.8 Å². The van der Waals surface area contributed by atoms with Gasteiger partial charge in [-0.2, -0.15) is 4.31 Å². The number of ether oxygens (including phenoxy) is 1. The smallest absolute Gasteiger partial charge is 0.261 e. The second-order valence-electron chi connectivity index (χ2n) is 10.1. The number of anilines is 1. The Morgan fingerprint density at radius 3 is 2.49 bits per heavy atom. The average Bonchev–Trinajstić information content (AvgIpc) is 3.37. The molecular formula is C26H32ClN5O7S2. The molecule has 222 valence electrons. The van der Waals surface area contributed by atoms with E-state index in [-0.39, 0.29) is 52.5 Å². The zero-order valence-electron chi connectivity index (χ0n) is 22.9. The van der Waals surface area contributed by atoms with Crippen molar-refractivity contribution < 1.29 is 31.5 Å². The van der Waals surface area contributed by atoms with Gasteiger partial charge in [0, 0.05) is 43.5 Å². The lowest BCUT2D eigenvalue weighted by Crippen LogP contribution is -2.50. The molecule has 1 amide bonds. The number of nitrogens with one attached hydrogen (secondary N) is 1. The van der Waals surface area contributed by atoms with Crippen molar-refractivity contribution in [3.05, 3.63) is 65.6 Å². The monoisotopic (exact) mass is 625 g/mol. The van der Waals surface area contributed by atoms with Crippen LogP contribution in [-0.2, 0) is 27.1 Å². The lowest BCUT2D eigenvalue weighted by atomic mass is 9.99. The fourth-order valence-electron chi connectivity index (χ4n) is 4.37. The number of hydrogen-bond donors (Lipinski definition) is 2. The van der Waals surface area contributed by atoms with E-state index >= 15 is 0 Å². The molecule has 12 nitrogen and oxygen atoms in total. The Morgan fingerprint density at radius 2 is 1.88 bits per heavy atom. The van der Waals surface area contributed by atoms with E-state index in [1.807, 2.05) is 6.92 Å². The number of sulfonamides is 2. The minimum atomic E-state index is -4.00. The van der Waals surface area contributed by atoms with Crippen LogP contribution < -0.4 is 9.46 Å². The maximum absolute atomic E-state index is 13.7. The highest BCUT2D eigenvalue weighted by atomic mass is 35.5. The third-order valence-corrected chi connectivity index (χ3v) is 10.2. The van der Waals surface area contributed by atoms with E-state index in [4.69, 9.17) is 16.3 Å². The van der Waals surface area contributed by atoms with E-state index in [1.54, 1.807) is 14.0 Å². The molecule has 15 heteroatoms. The Labute approximate surface area is 244 Å². The predicted molar refractivity (Wildman–Crippen MR) is 153 cm³/mol. The van der Waals surface area contributed by atoms with Crippen LogP contribution in [-0.4, -0.2) is 85.5 Å². The number of aliphatic hydroxyl groups excluding tert-OH is 1. The van der Waals surface area contributed by atoms with Gasteiger partial charge in [0.05, 0.1) is 36.0 Å². The molecular weight excluding hydrogens is 594 g/mol. The van der Waals surface area contributed by atoms with Gasteiger partial charge >= 0.3 is 0 Å². The van der Waals surface area contributed by atoms with Gasteiger partial charge < -0.3 is 19.3 Å². The molecule has 1 aromatic heterocycles. The fraction of sp³-hybridized carbons (Fsp3) is 0.385. The van der Waals surface area contributed by atoms with Crippen LogP contribution in [0.15, 0.2) is 64.9 Å². The molecule has 4 rings (SSSR count). The molecule has 0 spiro atoms. The Kier molecular flexibility index (Phi) is 8.99. The Hall–Kier alpha value is -3.17. The van der Waals surface area contributed by atoms with Gasteiger partial charge in [0.1, 0.15) is 11.9 Å². The second-order valence-corrected chi connectivity index (χ2v) is 14.2. The van der Waals surface area contributed by atoms with Gasteiger partial charge in [-0.1, -0.05) is 18.5 Å². The number of aliphatic hydroxyl groups is 1. The van der Waals surface area contributed by atoms with Crippen molar-refractivity contribution >= 4 is 43.2 Å². The minimum Gasteiger partial charge on any atom is -0.488 e. The lowest BCUT2D eigenvalue weighted by Gasteiger charge is -2.38. The fourth-order valence-corrected chi connectivity index (χ4v) is 6.68. The van der Waals surface area contributed by atoms with Crippen LogP contribution in [0.1, 0.15) is 24.2 Å². The summed E-state index contributed by atoms with van der Waals surface area (Å²) in [5.74, 6) is -0.654. The van der Waals surface area contributed by atoms with E-state index in [1.165, 1.54) is 71.5 Å². The van der Waals surface area contributed by atoms with Gasteiger partial charge in [0.2, 0.25) is 0 Å². The number of aromatic nitrogens is 2. The topological polar surface area (TPSA) is 151 Å². The lowest BCUT2D eigenvalue weighted by molar-refractivity contribution is 0.0387. The van der Waals surface area contributed by atoms with Gasteiger partial charge in [-0.05, 0) is 49.4 Å². The standard InChI is InChI=1S/C26H32ClN5O7S2/c1-17-12-32(18(2)15-33)26(34)22-11-20(29-40(35,36)21-8-5-19(27)6-9-21)7-10-23(22)39-24(17)13-31(4)41(37,38)25-14-30(3)16-28-25/h5-11,14,16-18,24,29,33H,12-13,15H2,1-4H3/t17-,18-,24-/m1/s1. The number of fused-ring (bicyclic) bond motifs is 1. The van der Waals surface area contributed by atoms with Crippen molar-refractivity contribution in [2.45, 2.75) is 35.9 Å². The van der Waals surface area contributed by atoms with Gasteiger partial charge in [-0.25, -0.2) is 21.8 Å². The number of hydrogen-bond acceptors (Lipinski definition) is 8. The highest BCUT2D eigenvalue weighted by Crippen LogP contribution is 2.32. The van der Waals surface area contributed by atoms with Gasteiger partial charge in [-0.15, -0.1) is 0 Å². The van der Waals surface area contributed by atoms with Crippen molar-refractivity contribution in [2.24, 2.45) is 13.0 Å². The molecule has 3 atom stereocenters. The molecule has 0 saturated carbocycles. The number of imidazole rings is 1. The normalized spacial score (nSPS) is 18.8. The molecule has 0 aliphatic carbocycles. The van der Waals surface area contributed by atoms with Gasteiger partial charge in [-0.3, -0.25) is 9.52 Å². The molecule has 3 aromatic rings. The largest absolute Gasteiger partial charge is 0.488 e. The van der Waals surface area contributed by atoms with E-state index in [0.717, 1.165) is 4.31 Å². The van der Waals surface area contributed by atoms with Crippen LogP contribution in [0.3, 0.4) is 0 Å². The quantitative estimate of drug-likeness (QED) is 0.368. The Bertz CT molecular complexity index is 1630. The number of rotatable bonds is 9. The van der Waals surface area contributed by atoms with E-state index in [9.17, 15) is 26.7 Å². The molecule has 1 aliphatic rings. The summed E-state index contributed by atoms with van der Waals surface area (Å²) in [4.78, 5) is 19.1. The summed E-state index contributed by atoms with van der Waals surface area (Å²) >= 11 is 5.88. The molecule has 0 bridgehead atoms. The zero-order valence-corrected chi connectivity index (χ0v) is 25.3. The third kappa shape index (κ3) is 6.67. The molecule has 0 saturated heterocycles. The predicted octanol–water partition coefficient (Wildman–Crippen LogP) is 2.42. The van der Waals surface area contributed by atoms with Crippen LogP contribution in [0.25, 0.3) is 0 Å². The van der Waals surface area contributed by atoms with Crippen molar-refractivity contribution in [2.75, 3.05) is 31.5 Å². The summed E-state index contributed by atoms with van der Waals surface area (Å²) < 4.78 is 63.6. The highest BCUT2D eigenvalue weighted by Gasteiger charge is 2.36.